The molecule has 1 atom stereocenters. The fourth-order valence-electron chi connectivity index (χ4n) is 8.75. The standard InChI is InChI=1S/C61H112O6/c1-4-7-10-13-16-18-20-22-24-26-27-28-29-30-31-32-33-35-36-38-40-42-45-48-51-54-60(63)66-57-58(56-65-59(62)53-50-47-44-15-12-9-6-3)67-61(64)55-52-49-46-43-41-39-37-34-25-23-21-19-17-14-11-8-5-2/h8,11,17,19,23,25,58H,4-7,9-10,12-16,18,20-22,24,26-57H2,1-3H3/b11-8-,19-17-,25-23-. The Bertz CT molecular complexity index is 1130. The highest BCUT2D eigenvalue weighted by atomic mass is 16.6. The molecular weight excluding hydrogens is 829 g/mol. The minimum atomic E-state index is -0.772. The molecule has 0 radical (unpaired) electrons. The summed E-state index contributed by atoms with van der Waals surface area (Å²) < 4.78 is 16.8. The van der Waals surface area contributed by atoms with Crippen LogP contribution in [0.15, 0.2) is 36.5 Å². The quantitative estimate of drug-likeness (QED) is 0.0262. The Morgan fingerprint density at radius 1 is 0.313 bits per heavy atom. The Kier molecular flexibility index (Phi) is 54.2. The topological polar surface area (TPSA) is 78.9 Å². The van der Waals surface area contributed by atoms with Crippen LogP contribution in [0.2, 0.25) is 0 Å². The second kappa shape index (κ2) is 56.2. The van der Waals surface area contributed by atoms with E-state index in [0.29, 0.717) is 19.3 Å². The number of carbonyl (C=O) groups is 3. The van der Waals surface area contributed by atoms with Crippen LogP contribution in [0.4, 0.5) is 0 Å². The van der Waals surface area contributed by atoms with E-state index < -0.39 is 6.10 Å². The maximum Gasteiger partial charge on any atom is 0.306 e. The van der Waals surface area contributed by atoms with Crippen LogP contribution in [0.1, 0.15) is 316 Å². The molecule has 67 heavy (non-hydrogen) atoms. The molecule has 0 saturated heterocycles. The Hall–Kier alpha value is -2.37. The predicted molar refractivity (Wildman–Crippen MR) is 289 cm³/mol. The van der Waals surface area contributed by atoms with Crippen LogP contribution >= 0.6 is 0 Å². The van der Waals surface area contributed by atoms with Gasteiger partial charge in [-0.1, -0.05) is 282 Å². The van der Waals surface area contributed by atoms with Gasteiger partial charge in [0.25, 0.3) is 0 Å². The summed E-state index contributed by atoms with van der Waals surface area (Å²) in [6.07, 6.45) is 67.4. The van der Waals surface area contributed by atoms with Gasteiger partial charge in [0.05, 0.1) is 0 Å². The van der Waals surface area contributed by atoms with Crippen molar-refractivity contribution in [3.05, 3.63) is 36.5 Å². The first-order valence-electron chi connectivity index (χ1n) is 29.5. The van der Waals surface area contributed by atoms with Gasteiger partial charge in [-0.3, -0.25) is 14.4 Å². The van der Waals surface area contributed by atoms with Crippen LogP contribution in [0.5, 0.6) is 0 Å². The van der Waals surface area contributed by atoms with E-state index in [1.54, 1.807) is 0 Å². The molecule has 0 aromatic rings. The summed E-state index contributed by atoms with van der Waals surface area (Å²) >= 11 is 0. The smallest absolute Gasteiger partial charge is 0.306 e. The Balaban J connectivity index is 4.09. The van der Waals surface area contributed by atoms with Crippen LogP contribution in [-0.2, 0) is 28.6 Å². The Labute approximate surface area is 416 Å². The van der Waals surface area contributed by atoms with Crippen LogP contribution in [-0.4, -0.2) is 37.2 Å². The number of hydrogen-bond acceptors (Lipinski definition) is 6. The molecule has 0 amide bonds. The lowest BCUT2D eigenvalue weighted by Gasteiger charge is -2.18. The number of hydrogen-bond donors (Lipinski definition) is 0. The van der Waals surface area contributed by atoms with Crippen LogP contribution in [0.25, 0.3) is 0 Å². The van der Waals surface area contributed by atoms with E-state index in [1.165, 1.54) is 193 Å². The van der Waals surface area contributed by atoms with Gasteiger partial charge in [0.2, 0.25) is 0 Å². The third-order valence-corrected chi connectivity index (χ3v) is 13.2. The molecule has 0 rings (SSSR count). The zero-order chi connectivity index (χ0) is 48.6. The van der Waals surface area contributed by atoms with Crippen molar-refractivity contribution in [3.63, 3.8) is 0 Å². The summed E-state index contributed by atoms with van der Waals surface area (Å²) in [7, 11) is 0. The van der Waals surface area contributed by atoms with Crippen LogP contribution in [0.3, 0.4) is 0 Å². The molecule has 392 valence electrons. The van der Waals surface area contributed by atoms with Gasteiger partial charge in [-0.2, -0.15) is 0 Å². The maximum atomic E-state index is 12.8. The molecule has 6 heteroatoms. The number of unbranched alkanes of at least 4 members (excludes halogenated alkanes) is 37. The van der Waals surface area contributed by atoms with Crippen LogP contribution in [0, 0.1) is 0 Å². The number of carbonyl (C=O) groups excluding carboxylic acids is 3. The molecule has 0 aliphatic heterocycles. The highest BCUT2D eigenvalue weighted by Crippen LogP contribution is 2.17. The fourth-order valence-corrected chi connectivity index (χ4v) is 8.75. The highest BCUT2D eigenvalue weighted by Gasteiger charge is 2.19. The lowest BCUT2D eigenvalue weighted by Crippen LogP contribution is -2.30. The van der Waals surface area contributed by atoms with Crippen molar-refractivity contribution in [1.82, 2.24) is 0 Å². The van der Waals surface area contributed by atoms with E-state index in [0.717, 1.165) is 83.5 Å². The normalized spacial score (nSPS) is 12.2. The van der Waals surface area contributed by atoms with Crippen molar-refractivity contribution in [1.29, 1.82) is 0 Å². The van der Waals surface area contributed by atoms with Crippen molar-refractivity contribution in [2.24, 2.45) is 0 Å². The monoisotopic (exact) mass is 941 g/mol. The number of esters is 3. The second-order valence-corrected chi connectivity index (χ2v) is 19.9. The molecule has 0 aliphatic carbocycles. The van der Waals surface area contributed by atoms with Crippen molar-refractivity contribution in [2.75, 3.05) is 13.2 Å². The van der Waals surface area contributed by atoms with E-state index in [1.807, 2.05) is 0 Å². The first-order chi connectivity index (χ1) is 33.0. The number of rotatable bonds is 54. The van der Waals surface area contributed by atoms with Crippen molar-refractivity contribution in [3.8, 4) is 0 Å². The summed E-state index contributed by atoms with van der Waals surface area (Å²) in [6, 6.07) is 0. The average molecular weight is 942 g/mol. The molecule has 0 saturated carbocycles. The van der Waals surface area contributed by atoms with E-state index in [9.17, 15) is 14.4 Å². The van der Waals surface area contributed by atoms with Gasteiger partial charge in [-0.15, -0.1) is 0 Å². The minimum Gasteiger partial charge on any atom is -0.462 e. The van der Waals surface area contributed by atoms with Gasteiger partial charge in [0, 0.05) is 19.3 Å². The molecule has 0 aromatic heterocycles. The predicted octanol–water partition coefficient (Wildman–Crippen LogP) is 19.7. The molecule has 0 heterocycles. The average Bonchev–Trinajstić information content (AvgIpc) is 3.33. The summed E-state index contributed by atoms with van der Waals surface area (Å²) in [5.41, 5.74) is 0. The van der Waals surface area contributed by atoms with Crippen molar-refractivity contribution in [2.45, 2.75) is 322 Å². The van der Waals surface area contributed by atoms with Gasteiger partial charge < -0.3 is 14.2 Å². The number of ether oxygens (including phenoxy) is 3. The summed E-state index contributed by atoms with van der Waals surface area (Å²) in [5.74, 6) is -0.872. The lowest BCUT2D eigenvalue weighted by molar-refractivity contribution is -0.167. The molecule has 0 bridgehead atoms. The largest absolute Gasteiger partial charge is 0.462 e. The minimum absolute atomic E-state index is 0.0722. The van der Waals surface area contributed by atoms with Gasteiger partial charge in [-0.05, 0) is 51.4 Å². The fraction of sp³-hybridized carbons (Fsp3) is 0.852. The summed E-state index contributed by atoms with van der Waals surface area (Å²) in [4.78, 5) is 37.9. The third-order valence-electron chi connectivity index (χ3n) is 13.2. The highest BCUT2D eigenvalue weighted by molar-refractivity contribution is 5.71. The summed E-state index contributed by atoms with van der Waals surface area (Å²) in [6.45, 7) is 6.52. The van der Waals surface area contributed by atoms with Gasteiger partial charge >= 0.3 is 17.9 Å². The molecule has 6 nitrogen and oxygen atoms in total. The molecule has 0 fully saturated rings. The second-order valence-electron chi connectivity index (χ2n) is 19.9. The first-order valence-corrected chi connectivity index (χ1v) is 29.5. The maximum absolute atomic E-state index is 12.8. The van der Waals surface area contributed by atoms with Crippen molar-refractivity contribution >= 4 is 17.9 Å². The molecule has 0 aliphatic rings. The number of allylic oxidation sites excluding steroid dienone is 6. The van der Waals surface area contributed by atoms with Gasteiger partial charge in [-0.25, -0.2) is 0 Å². The molecule has 0 spiro atoms. The van der Waals surface area contributed by atoms with Gasteiger partial charge in [0.15, 0.2) is 6.10 Å². The van der Waals surface area contributed by atoms with E-state index in [-0.39, 0.29) is 31.1 Å². The first kappa shape index (κ1) is 64.6. The SMILES string of the molecule is CC/C=C\C/C=C\C/C=C\CCCCCCCCCC(=O)OC(COC(=O)CCCCCCCCC)COC(=O)CCCCCCCCCCCCCCCCCCCCCCCCCCC. The Morgan fingerprint density at radius 2 is 0.582 bits per heavy atom. The molecule has 0 aromatic carbocycles. The van der Waals surface area contributed by atoms with Crippen LogP contribution < -0.4 is 0 Å². The zero-order valence-electron chi connectivity index (χ0n) is 44.9. The third kappa shape index (κ3) is 54.4. The lowest BCUT2D eigenvalue weighted by atomic mass is 10.0. The Morgan fingerprint density at radius 3 is 0.910 bits per heavy atom. The zero-order valence-corrected chi connectivity index (χ0v) is 44.9. The van der Waals surface area contributed by atoms with E-state index in [4.69, 9.17) is 14.2 Å². The van der Waals surface area contributed by atoms with Gasteiger partial charge in [0.1, 0.15) is 13.2 Å². The molecule has 1 unspecified atom stereocenters. The van der Waals surface area contributed by atoms with E-state index >= 15 is 0 Å². The molecular formula is C61H112O6. The van der Waals surface area contributed by atoms with Crippen molar-refractivity contribution < 1.29 is 28.6 Å². The molecule has 0 N–H and O–H groups in total. The van der Waals surface area contributed by atoms with E-state index in [2.05, 4.69) is 57.2 Å². The summed E-state index contributed by atoms with van der Waals surface area (Å²) in [5, 5.41) is 0.